The summed E-state index contributed by atoms with van der Waals surface area (Å²) in [5, 5.41) is 36.6. The van der Waals surface area contributed by atoms with E-state index < -0.39 is 45.1 Å². The molecule has 0 spiro atoms. The predicted molar refractivity (Wildman–Crippen MR) is 42.5 cm³/mol. The summed E-state index contributed by atoms with van der Waals surface area (Å²) in [4.78, 5) is 20.3. The third-order valence-electron chi connectivity index (χ3n) is 2.08. The van der Waals surface area contributed by atoms with Crippen molar-refractivity contribution in [1.82, 2.24) is 0 Å². The molecule has 0 aromatic rings. The number of phosphoric ester groups is 1. The Kier molecular flexibility index (Phi) is 4.41. The summed E-state index contributed by atoms with van der Waals surface area (Å²) < 4.78 is 18.5. The molecule has 1 saturated heterocycles. The highest BCUT2D eigenvalue weighted by Gasteiger charge is 2.43. The molecule has 1 rings (SSSR count). The van der Waals surface area contributed by atoms with Gasteiger partial charge in [-0.25, -0.2) is 0 Å². The lowest BCUT2D eigenvalue weighted by Crippen LogP contribution is -2.58. The number of ether oxygens (including phenoxy) is 1. The minimum Gasteiger partial charge on any atom is -0.790 e. The highest BCUT2D eigenvalue weighted by atomic mass is 31.2. The number of aliphatic hydroxyl groups excluding tert-OH is 4. The van der Waals surface area contributed by atoms with Gasteiger partial charge in [0, 0.05) is 0 Å². The maximum absolute atomic E-state index is 10.1. The second kappa shape index (κ2) is 5.05. The zero-order chi connectivity index (χ0) is 12.5. The Morgan fingerprint density at radius 2 is 1.69 bits per heavy atom. The Morgan fingerprint density at radius 3 is 2.19 bits per heavy atom. The predicted octanol–water partition coefficient (Wildman–Crippen LogP) is -4.37. The van der Waals surface area contributed by atoms with Crippen LogP contribution in [-0.4, -0.2) is 57.7 Å². The highest BCUT2D eigenvalue weighted by Crippen LogP contribution is 2.27. The van der Waals surface area contributed by atoms with Crippen molar-refractivity contribution in [2.45, 2.75) is 30.7 Å². The lowest BCUT2D eigenvalue weighted by atomic mass is 10.00. The Morgan fingerprint density at radius 1 is 1.12 bits per heavy atom. The fraction of sp³-hybridized carbons (Fsp3) is 1.00. The van der Waals surface area contributed by atoms with Crippen molar-refractivity contribution in [1.29, 1.82) is 0 Å². The molecule has 4 N–H and O–H groups in total. The van der Waals surface area contributed by atoms with Crippen LogP contribution in [0.25, 0.3) is 0 Å². The summed E-state index contributed by atoms with van der Waals surface area (Å²) in [5.41, 5.74) is 0. The molecule has 0 bridgehead atoms. The van der Waals surface area contributed by atoms with Crippen LogP contribution >= 0.6 is 7.82 Å². The molecule has 1 unspecified atom stereocenters. The van der Waals surface area contributed by atoms with Crippen molar-refractivity contribution in [3.8, 4) is 0 Å². The maximum atomic E-state index is 10.1. The second-order valence-corrected chi connectivity index (χ2v) is 4.43. The van der Waals surface area contributed by atoms with Gasteiger partial charge in [-0.05, 0) is 0 Å². The third kappa shape index (κ3) is 3.45. The monoisotopic (exact) mass is 258 g/mol. The van der Waals surface area contributed by atoms with Crippen molar-refractivity contribution in [2.24, 2.45) is 0 Å². The molecule has 1 aliphatic heterocycles. The van der Waals surface area contributed by atoms with E-state index in [-0.39, 0.29) is 0 Å². The van der Waals surface area contributed by atoms with Gasteiger partial charge in [0.2, 0.25) is 0 Å². The van der Waals surface area contributed by atoms with Crippen LogP contribution in [0.15, 0.2) is 0 Å². The van der Waals surface area contributed by atoms with E-state index in [2.05, 4.69) is 9.26 Å². The standard InChI is InChI=1S/C6H13O9P/c7-3-2(1-14-16(11,12)13)15-6(10)5(9)4(3)8/h2-10H,1H2,(H2,11,12,13)/p-2/t2-,3-,4+,5-,6?/m1/s1. The maximum Gasteiger partial charge on any atom is 0.184 e. The van der Waals surface area contributed by atoms with Crippen molar-refractivity contribution in [3.05, 3.63) is 0 Å². The van der Waals surface area contributed by atoms with Gasteiger partial charge in [0.15, 0.2) is 6.29 Å². The van der Waals surface area contributed by atoms with Crippen molar-refractivity contribution >= 4 is 7.82 Å². The quantitative estimate of drug-likeness (QED) is 0.366. The summed E-state index contributed by atoms with van der Waals surface area (Å²) in [5.74, 6) is 0. The largest absolute Gasteiger partial charge is 0.790 e. The number of hydrogen-bond donors (Lipinski definition) is 4. The molecule has 96 valence electrons. The molecular formula is C6H11O9P-2. The van der Waals surface area contributed by atoms with E-state index in [0.29, 0.717) is 0 Å². The lowest BCUT2D eigenvalue weighted by Gasteiger charge is -2.39. The van der Waals surface area contributed by atoms with Gasteiger partial charge in [-0.2, -0.15) is 0 Å². The van der Waals surface area contributed by atoms with E-state index in [0.717, 1.165) is 0 Å². The van der Waals surface area contributed by atoms with Crippen LogP contribution in [0.2, 0.25) is 0 Å². The summed E-state index contributed by atoms with van der Waals surface area (Å²) >= 11 is 0. The van der Waals surface area contributed by atoms with Crippen LogP contribution < -0.4 is 9.79 Å². The molecule has 10 heteroatoms. The minimum absolute atomic E-state index is 0.855. The first-order valence-corrected chi connectivity index (χ1v) is 5.73. The molecule has 0 aromatic heterocycles. The first-order valence-electron chi connectivity index (χ1n) is 4.26. The first-order chi connectivity index (χ1) is 7.22. The molecule has 9 nitrogen and oxygen atoms in total. The molecule has 1 aliphatic rings. The summed E-state index contributed by atoms with van der Waals surface area (Å²) in [7, 11) is -5.23. The van der Waals surface area contributed by atoms with Gasteiger partial charge in [0.25, 0.3) is 0 Å². The normalized spacial score (nSPS) is 41.0. The second-order valence-electron chi connectivity index (χ2n) is 3.28. The van der Waals surface area contributed by atoms with E-state index in [9.17, 15) is 24.6 Å². The zero-order valence-electron chi connectivity index (χ0n) is 7.87. The molecule has 1 heterocycles. The minimum atomic E-state index is -5.23. The van der Waals surface area contributed by atoms with Gasteiger partial charge >= 0.3 is 0 Å². The topological polar surface area (TPSA) is 163 Å². The Balaban J connectivity index is 2.57. The fourth-order valence-corrected chi connectivity index (χ4v) is 1.56. The Bertz CT molecular complexity index is 277. The number of rotatable bonds is 3. The molecule has 0 aliphatic carbocycles. The zero-order valence-corrected chi connectivity index (χ0v) is 8.77. The fourth-order valence-electron chi connectivity index (χ4n) is 1.23. The van der Waals surface area contributed by atoms with Gasteiger partial charge in [-0.1, -0.05) is 0 Å². The Labute approximate surface area is 90.1 Å². The van der Waals surface area contributed by atoms with Gasteiger partial charge in [0.05, 0.1) is 14.4 Å². The summed E-state index contributed by atoms with van der Waals surface area (Å²) in [6.45, 7) is -0.855. The molecule has 16 heavy (non-hydrogen) atoms. The van der Waals surface area contributed by atoms with Crippen LogP contribution in [0.1, 0.15) is 0 Å². The van der Waals surface area contributed by atoms with Crippen LogP contribution in [0.5, 0.6) is 0 Å². The number of hydrogen-bond acceptors (Lipinski definition) is 9. The van der Waals surface area contributed by atoms with E-state index in [1.807, 2.05) is 0 Å². The van der Waals surface area contributed by atoms with E-state index >= 15 is 0 Å². The van der Waals surface area contributed by atoms with Crippen molar-refractivity contribution < 1.29 is 44.0 Å². The van der Waals surface area contributed by atoms with Crippen LogP contribution in [0.4, 0.5) is 0 Å². The lowest BCUT2D eigenvalue weighted by molar-refractivity contribution is -0.347. The van der Waals surface area contributed by atoms with Crippen LogP contribution in [0, 0.1) is 0 Å². The smallest absolute Gasteiger partial charge is 0.184 e. The average molecular weight is 258 g/mol. The van der Waals surface area contributed by atoms with Gasteiger partial charge in [-0.15, -0.1) is 0 Å². The highest BCUT2D eigenvalue weighted by molar-refractivity contribution is 7.43. The molecule has 0 aromatic carbocycles. The van der Waals surface area contributed by atoms with E-state index in [1.165, 1.54) is 0 Å². The van der Waals surface area contributed by atoms with Crippen molar-refractivity contribution in [3.63, 3.8) is 0 Å². The molecule has 1 fully saturated rings. The molecule has 0 amide bonds. The number of aliphatic hydroxyl groups is 4. The van der Waals surface area contributed by atoms with Gasteiger partial charge in [-0.3, -0.25) is 0 Å². The molecular weight excluding hydrogens is 247 g/mol. The summed E-state index contributed by atoms with van der Waals surface area (Å²) in [6, 6.07) is 0. The van der Waals surface area contributed by atoms with Crippen molar-refractivity contribution in [2.75, 3.05) is 6.61 Å². The molecule has 0 saturated carbocycles. The molecule has 0 radical (unpaired) electrons. The number of phosphoric acid groups is 1. The Hall–Kier alpha value is -0.0900. The van der Waals surface area contributed by atoms with E-state index in [4.69, 9.17) is 10.2 Å². The SMILES string of the molecule is O=P([O-])([O-])OC[C@H]1OC(O)[C@H](O)[C@@H](O)[C@@H]1O. The van der Waals surface area contributed by atoms with Gasteiger partial charge in [0.1, 0.15) is 24.4 Å². The first kappa shape index (κ1) is 14.0. The van der Waals surface area contributed by atoms with Crippen LogP contribution in [-0.2, 0) is 13.8 Å². The third-order valence-corrected chi connectivity index (χ3v) is 2.55. The van der Waals surface area contributed by atoms with Crippen LogP contribution in [0.3, 0.4) is 0 Å². The van der Waals surface area contributed by atoms with E-state index in [1.54, 1.807) is 0 Å². The van der Waals surface area contributed by atoms with Gasteiger partial charge < -0.3 is 44.0 Å². The summed E-state index contributed by atoms with van der Waals surface area (Å²) in [6.07, 6.45) is -8.35. The molecule has 5 atom stereocenters. The average Bonchev–Trinajstić information content (AvgIpc) is 2.17.